The first-order valence-electron chi connectivity index (χ1n) is 9.97. The van der Waals surface area contributed by atoms with Gasteiger partial charge >= 0.3 is 6.03 Å². The monoisotopic (exact) mass is 415 g/mol. The molecule has 0 radical (unpaired) electrons. The lowest BCUT2D eigenvalue weighted by molar-refractivity contribution is -0.00557. The number of rotatable bonds is 2. The smallest absolute Gasteiger partial charge is 0.322 e. The van der Waals surface area contributed by atoms with Crippen LogP contribution in [-0.2, 0) is 17.7 Å². The van der Waals surface area contributed by atoms with E-state index in [-0.39, 0.29) is 18.2 Å². The van der Waals surface area contributed by atoms with Crippen LogP contribution in [0.4, 0.5) is 16.3 Å². The second-order valence-corrected chi connectivity index (χ2v) is 8.23. The van der Waals surface area contributed by atoms with E-state index in [4.69, 9.17) is 21.3 Å². The number of aryl methyl sites for hydroxylation is 1. The molecule has 1 fully saturated rings. The van der Waals surface area contributed by atoms with Gasteiger partial charge in [0.1, 0.15) is 11.6 Å². The number of urea groups is 1. The Morgan fingerprint density at radius 2 is 2.00 bits per heavy atom. The summed E-state index contributed by atoms with van der Waals surface area (Å²) in [4.78, 5) is 26.3. The third-order valence-electron chi connectivity index (χ3n) is 5.23. The summed E-state index contributed by atoms with van der Waals surface area (Å²) in [7, 11) is 0. The fraction of sp³-hybridized carbons (Fsp3) is 0.476. The van der Waals surface area contributed by atoms with E-state index in [2.05, 4.69) is 29.0 Å². The molecule has 0 saturated carbocycles. The normalized spacial score (nSPS) is 21.7. The summed E-state index contributed by atoms with van der Waals surface area (Å²) < 4.78 is 5.88. The van der Waals surface area contributed by atoms with Crippen molar-refractivity contribution in [3.63, 3.8) is 0 Å². The molecule has 2 aromatic rings. The topological polar surface area (TPSA) is 70.6 Å². The highest BCUT2D eigenvalue weighted by atomic mass is 35.5. The van der Waals surface area contributed by atoms with Gasteiger partial charge in [-0.15, -0.1) is 0 Å². The number of fused-ring (bicyclic) bond motifs is 1. The number of carbonyl (C=O) groups is 1. The summed E-state index contributed by atoms with van der Waals surface area (Å²) >= 11 is 6.03. The number of halogens is 1. The Hall–Kier alpha value is -2.38. The maximum absolute atomic E-state index is 12.8. The van der Waals surface area contributed by atoms with Crippen molar-refractivity contribution in [2.24, 2.45) is 0 Å². The third kappa shape index (κ3) is 4.46. The van der Waals surface area contributed by atoms with Crippen molar-refractivity contribution < 1.29 is 9.53 Å². The van der Waals surface area contributed by atoms with Gasteiger partial charge in [-0.25, -0.2) is 14.8 Å². The van der Waals surface area contributed by atoms with Crippen molar-refractivity contribution in [2.75, 3.05) is 29.9 Å². The molecule has 4 rings (SSSR count). The minimum atomic E-state index is -0.145. The number of aromatic nitrogens is 2. The van der Waals surface area contributed by atoms with E-state index in [0.29, 0.717) is 30.2 Å². The molecule has 2 aliphatic heterocycles. The van der Waals surface area contributed by atoms with Gasteiger partial charge in [0.25, 0.3) is 0 Å². The molecule has 2 aliphatic rings. The molecule has 0 aliphatic carbocycles. The molecule has 8 heteroatoms. The molecule has 0 spiro atoms. The van der Waals surface area contributed by atoms with Crippen molar-refractivity contribution in [2.45, 2.75) is 45.9 Å². The molecule has 29 heavy (non-hydrogen) atoms. The summed E-state index contributed by atoms with van der Waals surface area (Å²) in [5.74, 6) is 1.69. The zero-order valence-corrected chi connectivity index (χ0v) is 17.7. The molecule has 2 amide bonds. The van der Waals surface area contributed by atoms with Gasteiger partial charge < -0.3 is 19.9 Å². The minimum absolute atomic E-state index is 0.135. The number of morpholine rings is 1. The number of ether oxygens (including phenoxy) is 1. The predicted molar refractivity (Wildman–Crippen MR) is 114 cm³/mol. The SMILES string of the molecule is Cc1nc2c(c(N3CC(C)OC(C)C3)n1)CN(C(=O)Nc1cccc(Cl)c1)CC2. The molecule has 2 atom stereocenters. The first kappa shape index (κ1) is 19.9. The molecule has 1 saturated heterocycles. The number of hydrogen-bond acceptors (Lipinski definition) is 5. The van der Waals surface area contributed by atoms with Gasteiger partial charge in [0.05, 0.1) is 24.4 Å². The van der Waals surface area contributed by atoms with Crippen LogP contribution in [0.2, 0.25) is 5.02 Å². The van der Waals surface area contributed by atoms with Crippen LogP contribution in [0.3, 0.4) is 0 Å². The van der Waals surface area contributed by atoms with Gasteiger partial charge in [0.2, 0.25) is 0 Å². The van der Waals surface area contributed by atoms with Crippen LogP contribution >= 0.6 is 11.6 Å². The van der Waals surface area contributed by atoms with Crippen LogP contribution in [0, 0.1) is 6.92 Å². The number of amides is 2. The maximum atomic E-state index is 12.8. The first-order valence-corrected chi connectivity index (χ1v) is 10.3. The van der Waals surface area contributed by atoms with E-state index < -0.39 is 0 Å². The number of nitrogens with zero attached hydrogens (tertiary/aromatic N) is 4. The van der Waals surface area contributed by atoms with Crippen LogP contribution in [0.25, 0.3) is 0 Å². The van der Waals surface area contributed by atoms with Crippen LogP contribution in [0.1, 0.15) is 30.9 Å². The van der Waals surface area contributed by atoms with Gasteiger partial charge in [-0.05, 0) is 39.0 Å². The number of nitrogens with one attached hydrogen (secondary N) is 1. The van der Waals surface area contributed by atoms with E-state index in [0.717, 1.165) is 36.0 Å². The fourth-order valence-corrected chi connectivity index (χ4v) is 4.26. The van der Waals surface area contributed by atoms with Crippen molar-refractivity contribution in [1.29, 1.82) is 0 Å². The van der Waals surface area contributed by atoms with Gasteiger partial charge in [-0.3, -0.25) is 0 Å². The Balaban J connectivity index is 1.57. The standard InChI is InChI=1S/C21H26ClN5O2/c1-13-10-27(11-14(2)29-13)20-18-12-26(8-7-19(18)23-15(3)24-20)21(28)25-17-6-4-5-16(22)9-17/h4-6,9,13-14H,7-8,10-12H2,1-3H3,(H,25,28). The van der Waals surface area contributed by atoms with Gasteiger partial charge in [0, 0.05) is 42.3 Å². The van der Waals surface area contributed by atoms with Crippen LogP contribution in [0.15, 0.2) is 24.3 Å². The molecule has 1 aromatic heterocycles. The van der Waals surface area contributed by atoms with Crippen molar-refractivity contribution in [1.82, 2.24) is 14.9 Å². The van der Waals surface area contributed by atoms with Crippen molar-refractivity contribution in [3.05, 3.63) is 46.4 Å². The molecule has 1 N–H and O–H groups in total. The molecule has 154 valence electrons. The molecule has 3 heterocycles. The maximum Gasteiger partial charge on any atom is 0.322 e. The van der Waals surface area contributed by atoms with Gasteiger partial charge in [-0.1, -0.05) is 17.7 Å². The predicted octanol–water partition coefficient (Wildman–Crippen LogP) is 3.64. The molecule has 0 bridgehead atoms. The van der Waals surface area contributed by atoms with E-state index in [1.807, 2.05) is 19.1 Å². The number of carbonyl (C=O) groups excluding carboxylic acids is 1. The van der Waals surface area contributed by atoms with Crippen molar-refractivity contribution >= 4 is 29.1 Å². The van der Waals surface area contributed by atoms with E-state index in [1.54, 1.807) is 17.0 Å². The lowest BCUT2D eigenvalue weighted by Crippen LogP contribution is -2.47. The molecule has 7 nitrogen and oxygen atoms in total. The second kappa shape index (κ2) is 8.16. The summed E-state index contributed by atoms with van der Waals surface area (Å²) in [5.41, 5.74) is 2.75. The van der Waals surface area contributed by atoms with Crippen molar-refractivity contribution in [3.8, 4) is 0 Å². The van der Waals surface area contributed by atoms with Crippen LogP contribution in [-0.4, -0.2) is 52.7 Å². The molecular formula is C21H26ClN5O2. The lowest BCUT2D eigenvalue weighted by Gasteiger charge is -2.38. The zero-order valence-electron chi connectivity index (χ0n) is 17.0. The van der Waals surface area contributed by atoms with Gasteiger partial charge in [-0.2, -0.15) is 0 Å². The Morgan fingerprint density at radius 3 is 2.72 bits per heavy atom. The van der Waals surface area contributed by atoms with E-state index >= 15 is 0 Å². The summed E-state index contributed by atoms with van der Waals surface area (Å²) in [6.45, 7) is 8.74. The molecular weight excluding hydrogens is 390 g/mol. The highest BCUT2D eigenvalue weighted by molar-refractivity contribution is 6.30. The van der Waals surface area contributed by atoms with Gasteiger partial charge in [0.15, 0.2) is 0 Å². The average molecular weight is 416 g/mol. The lowest BCUT2D eigenvalue weighted by atomic mass is 10.0. The quantitative estimate of drug-likeness (QED) is 0.810. The fourth-order valence-electron chi connectivity index (χ4n) is 4.07. The van der Waals surface area contributed by atoms with Crippen LogP contribution < -0.4 is 10.2 Å². The minimum Gasteiger partial charge on any atom is -0.372 e. The summed E-state index contributed by atoms with van der Waals surface area (Å²) in [5, 5.41) is 3.53. The molecule has 1 aromatic carbocycles. The average Bonchev–Trinajstić information content (AvgIpc) is 2.66. The largest absolute Gasteiger partial charge is 0.372 e. The second-order valence-electron chi connectivity index (χ2n) is 7.79. The zero-order chi connectivity index (χ0) is 20.5. The highest BCUT2D eigenvalue weighted by Gasteiger charge is 2.30. The summed E-state index contributed by atoms with van der Waals surface area (Å²) in [6.07, 6.45) is 0.982. The van der Waals surface area contributed by atoms with E-state index in [9.17, 15) is 4.79 Å². The Labute approximate surface area is 176 Å². The Kier molecular flexibility index (Phi) is 5.61. The number of hydrogen-bond donors (Lipinski definition) is 1. The Morgan fingerprint density at radius 1 is 1.24 bits per heavy atom. The Bertz CT molecular complexity index is 912. The summed E-state index contributed by atoms with van der Waals surface area (Å²) in [6, 6.07) is 7.03. The number of benzene rings is 1. The van der Waals surface area contributed by atoms with E-state index in [1.165, 1.54) is 0 Å². The van der Waals surface area contributed by atoms with Crippen LogP contribution in [0.5, 0.6) is 0 Å². The first-order chi connectivity index (χ1) is 13.9. The third-order valence-corrected chi connectivity index (χ3v) is 5.47. The molecule has 2 unspecified atom stereocenters. The highest BCUT2D eigenvalue weighted by Crippen LogP contribution is 2.29. The number of anilines is 2.